The molecule has 27 heavy (non-hydrogen) atoms. The van der Waals surface area contributed by atoms with E-state index in [-0.39, 0.29) is 0 Å². The molecule has 2 saturated heterocycles. The molecule has 0 radical (unpaired) electrons. The number of benzene rings is 1. The molecule has 4 heteroatoms. The summed E-state index contributed by atoms with van der Waals surface area (Å²) in [5.41, 5.74) is 5.57. The summed E-state index contributed by atoms with van der Waals surface area (Å²) in [7, 11) is 0. The average molecular weight is 366 g/mol. The van der Waals surface area contributed by atoms with Gasteiger partial charge in [0.1, 0.15) is 0 Å². The van der Waals surface area contributed by atoms with Gasteiger partial charge >= 0.3 is 0 Å². The zero-order valence-electron chi connectivity index (χ0n) is 16.5. The van der Waals surface area contributed by atoms with Gasteiger partial charge in [0.05, 0.1) is 13.2 Å². The van der Waals surface area contributed by atoms with Gasteiger partial charge in [-0.25, -0.2) is 0 Å². The van der Waals surface area contributed by atoms with Crippen molar-refractivity contribution >= 4 is 5.69 Å². The first-order chi connectivity index (χ1) is 13.2. The molecule has 0 bridgehead atoms. The van der Waals surface area contributed by atoms with E-state index < -0.39 is 0 Å². The van der Waals surface area contributed by atoms with Crippen molar-refractivity contribution < 1.29 is 4.74 Å². The molecule has 0 amide bonds. The maximum Gasteiger partial charge on any atom is 0.0623 e. The quantitative estimate of drug-likeness (QED) is 0.880. The van der Waals surface area contributed by atoms with Crippen molar-refractivity contribution in [3.05, 3.63) is 59.4 Å². The van der Waals surface area contributed by atoms with Crippen LogP contribution in [0.4, 0.5) is 5.69 Å². The Bertz CT molecular complexity index is 741. The van der Waals surface area contributed by atoms with Gasteiger partial charge in [-0.3, -0.25) is 4.98 Å². The number of ether oxygens (including phenoxy) is 1. The SMILES string of the molecule is Cc1cccc(N2CCC(N[C@@H]3COC[C@H]3Cc3ccncc3)CC2)c1C. The van der Waals surface area contributed by atoms with E-state index in [0.717, 1.165) is 32.7 Å². The minimum Gasteiger partial charge on any atom is -0.379 e. The van der Waals surface area contributed by atoms with E-state index in [1.54, 1.807) is 0 Å². The number of hydrogen-bond acceptors (Lipinski definition) is 4. The monoisotopic (exact) mass is 365 g/mol. The number of hydrogen-bond donors (Lipinski definition) is 1. The molecule has 0 unspecified atom stereocenters. The van der Waals surface area contributed by atoms with Gasteiger partial charge in [-0.05, 0) is 68.0 Å². The van der Waals surface area contributed by atoms with Gasteiger partial charge in [-0.1, -0.05) is 12.1 Å². The Kier molecular flexibility index (Phi) is 5.74. The number of piperidine rings is 1. The molecule has 2 atom stereocenters. The third kappa shape index (κ3) is 4.33. The third-order valence-electron chi connectivity index (χ3n) is 6.31. The minimum absolute atomic E-state index is 0.468. The van der Waals surface area contributed by atoms with Crippen LogP contribution in [0.2, 0.25) is 0 Å². The number of pyridine rings is 1. The van der Waals surface area contributed by atoms with Crippen molar-refractivity contribution in [2.45, 2.75) is 45.2 Å². The van der Waals surface area contributed by atoms with E-state index in [4.69, 9.17) is 4.74 Å². The first-order valence-corrected chi connectivity index (χ1v) is 10.2. The fourth-order valence-corrected chi connectivity index (χ4v) is 4.47. The molecule has 1 N–H and O–H groups in total. The molecule has 2 aliphatic heterocycles. The van der Waals surface area contributed by atoms with Crippen LogP contribution >= 0.6 is 0 Å². The normalized spacial score (nSPS) is 23.7. The molecular weight excluding hydrogens is 334 g/mol. The Balaban J connectivity index is 1.31. The smallest absolute Gasteiger partial charge is 0.0623 e. The van der Waals surface area contributed by atoms with Crippen molar-refractivity contribution in [2.75, 3.05) is 31.2 Å². The summed E-state index contributed by atoms with van der Waals surface area (Å²) in [4.78, 5) is 6.68. The number of anilines is 1. The molecule has 4 rings (SSSR count). The van der Waals surface area contributed by atoms with Crippen LogP contribution in [0.1, 0.15) is 29.5 Å². The van der Waals surface area contributed by atoms with Gasteiger partial charge in [0.25, 0.3) is 0 Å². The minimum atomic E-state index is 0.468. The maximum absolute atomic E-state index is 5.81. The van der Waals surface area contributed by atoms with Crippen LogP contribution in [0.5, 0.6) is 0 Å². The van der Waals surface area contributed by atoms with Gasteiger partial charge in [0.15, 0.2) is 0 Å². The molecule has 2 fully saturated rings. The largest absolute Gasteiger partial charge is 0.379 e. The second kappa shape index (κ2) is 8.41. The average Bonchev–Trinajstić information content (AvgIpc) is 3.12. The van der Waals surface area contributed by atoms with Gasteiger partial charge in [0, 0.05) is 49.2 Å². The summed E-state index contributed by atoms with van der Waals surface area (Å²) < 4.78 is 5.81. The third-order valence-corrected chi connectivity index (χ3v) is 6.31. The molecule has 3 heterocycles. The van der Waals surface area contributed by atoms with Crippen LogP contribution in [-0.2, 0) is 11.2 Å². The zero-order valence-corrected chi connectivity index (χ0v) is 16.5. The Hall–Kier alpha value is -1.91. The van der Waals surface area contributed by atoms with Crippen molar-refractivity contribution in [1.29, 1.82) is 0 Å². The summed E-state index contributed by atoms with van der Waals surface area (Å²) in [5, 5.41) is 3.92. The van der Waals surface area contributed by atoms with E-state index in [9.17, 15) is 0 Å². The fourth-order valence-electron chi connectivity index (χ4n) is 4.47. The van der Waals surface area contributed by atoms with Gasteiger partial charge in [0.2, 0.25) is 0 Å². The van der Waals surface area contributed by atoms with Crippen LogP contribution in [0.3, 0.4) is 0 Å². The Labute approximate surface area is 162 Å². The van der Waals surface area contributed by atoms with Crippen molar-refractivity contribution in [1.82, 2.24) is 10.3 Å². The molecule has 144 valence electrons. The lowest BCUT2D eigenvalue weighted by molar-refractivity contribution is 0.181. The molecule has 2 aromatic rings. The lowest BCUT2D eigenvalue weighted by atomic mass is 9.93. The molecule has 1 aromatic carbocycles. The summed E-state index contributed by atoms with van der Waals surface area (Å²) >= 11 is 0. The topological polar surface area (TPSA) is 37.4 Å². The first-order valence-electron chi connectivity index (χ1n) is 10.2. The maximum atomic E-state index is 5.81. The molecular formula is C23H31N3O. The van der Waals surface area contributed by atoms with Gasteiger partial charge in [-0.2, -0.15) is 0 Å². The summed E-state index contributed by atoms with van der Waals surface area (Å²) in [5.74, 6) is 0.560. The molecule has 0 aliphatic carbocycles. The van der Waals surface area contributed by atoms with Gasteiger partial charge < -0.3 is 15.0 Å². The predicted molar refractivity (Wildman–Crippen MR) is 110 cm³/mol. The summed E-state index contributed by atoms with van der Waals surface area (Å²) in [6, 6.07) is 12.0. The first kappa shape index (κ1) is 18.5. The second-order valence-electron chi connectivity index (χ2n) is 8.11. The Morgan fingerprint density at radius 2 is 1.85 bits per heavy atom. The zero-order chi connectivity index (χ0) is 18.6. The summed E-state index contributed by atoms with van der Waals surface area (Å²) in [6.07, 6.45) is 7.24. The molecule has 1 aromatic heterocycles. The number of nitrogens with zero attached hydrogens (tertiary/aromatic N) is 2. The van der Waals surface area contributed by atoms with Gasteiger partial charge in [-0.15, -0.1) is 0 Å². The highest BCUT2D eigenvalue weighted by atomic mass is 16.5. The van der Waals surface area contributed by atoms with E-state index in [1.807, 2.05) is 12.4 Å². The van der Waals surface area contributed by atoms with Crippen LogP contribution in [0, 0.1) is 19.8 Å². The lowest BCUT2D eigenvalue weighted by Crippen LogP contribution is -2.48. The van der Waals surface area contributed by atoms with Crippen molar-refractivity contribution in [3.63, 3.8) is 0 Å². The van der Waals surface area contributed by atoms with Crippen molar-refractivity contribution in [3.8, 4) is 0 Å². The summed E-state index contributed by atoms with van der Waals surface area (Å²) in [6.45, 7) is 8.41. The second-order valence-corrected chi connectivity index (χ2v) is 8.11. The highest BCUT2D eigenvalue weighted by Crippen LogP contribution is 2.27. The van der Waals surface area contributed by atoms with E-state index in [2.05, 4.69) is 59.4 Å². The van der Waals surface area contributed by atoms with Crippen LogP contribution in [0.15, 0.2) is 42.7 Å². The van der Waals surface area contributed by atoms with E-state index in [1.165, 1.54) is 35.2 Å². The van der Waals surface area contributed by atoms with Crippen LogP contribution < -0.4 is 10.2 Å². The highest BCUT2D eigenvalue weighted by molar-refractivity contribution is 5.56. The Morgan fingerprint density at radius 1 is 1.07 bits per heavy atom. The molecule has 4 nitrogen and oxygen atoms in total. The number of aromatic nitrogens is 1. The highest BCUT2D eigenvalue weighted by Gasteiger charge is 2.31. The number of nitrogens with one attached hydrogen (secondary N) is 1. The number of rotatable bonds is 5. The Morgan fingerprint density at radius 3 is 2.63 bits per heavy atom. The van der Waals surface area contributed by atoms with Crippen molar-refractivity contribution in [2.24, 2.45) is 5.92 Å². The van der Waals surface area contributed by atoms with E-state index in [0.29, 0.717) is 18.0 Å². The molecule has 0 spiro atoms. The lowest BCUT2D eigenvalue weighted by Gasteiger charge is -2.37. The number of aryl methyl sites for hydroxylation is 1. The molecule has 0 saturated carbocycles. The van der Waals surface area contributed by atoms with E-state index >= 15 is 0 Å². The van der Waals surface area contributed by atoms with Crippen LogP contribution in [-0.4, -0.2) is 43.4 Å². The fraction of sp³-hybridized carbons (Fsp3) is 0.522. The molecule has 2 aliphatic rings. The standard InChI is InChI=1S/C23H31N3O/c1-17-4-3-5-23(18(17)2)26-12-8-21(9-13-26)25-22-16-27-15-20(22)14-19-6-10-24-11-7-19/h3-7,10-11,20-22,25H,8-9,12-16H2,1-2H3/t20-,22-/m1/s1. The van der Waals surface area contributed by atoms with Crippen LogP contribution in [0.25, 0.3) is 0 Å². The predicted octanol–water partition coefficient (Wildman–Crippen LogP) is 3.51.